The van der Waals surface area contributed by atoms with Crippen molar-refractivity contribution in [1.82, 2.24) is 9.80 Å². The third-order valence-corrected chi connectivity index (χ3v) is 8.49. The van der Waals surface area contributed by atoms with Crippen LogP contribution in [0, 0.1) is 0 Å². The predicted molar refractivity (Wildman–Crippen MR) is 142 cm³/mol. The highest BCUT2D eigenvalue weighted by Crippen LogP contribution is 2.51. The number of carbonyl (C=O) groups excluding carboxylic acids is 1. The maximum Gasteiger partial charge on any atom is 0.417 e. The van der Waals surface area contributed by atoms with Gasteiger partial charge in [0.2, 0.25) is 0 Å². The molecule has 0 unspecified atom stereocenters. The molecule has 2 aliphatic rings. The number of methoxy groups -OCH3 is 2. The normalized spacial score (nSPS) is 23.7. The highest BCUT2D eigenvalue weighted by atomic mass is 35.5. The lowest BCUT2D eigenvalue weighted by Crippen LogP contribution is -2.55. The molecule has 0 spiro atoms. The predicted octanol–water partition coefficient (Wildman–Crippen LogP) is 6.81. The Bertz CT molecular complexity index is 1180. The van der Waals surface area contributed by atoms with Gasteiger partial charge in [-0.2, -0.15) is 13.2 Å². The van der Waals surface area contributed by atoms with E-state index in [0.717, 1.165) is 44.4 Å². The number of hydrogen-bond donors (Lipinski definition) is 1. The fraction of sp³-hybridized carbons (Fsp3) is 0.536. The topological polar surface area (TPSA) is 54.0 Å². The number of likely N-dealkylation sites (tertiary alicyclic amines) is 1. The van der Waals surface area contributed by atoms with Crippen molar-refractivity contribution in [3.05, 3.63) is 52.5 Å². The van der Waals surface area contributed by atoms with Crippen LogP contribution in [0.5, 0.6) is 11.5 Å². The maximum absolute atomic E-state index is 13.4. The Kier molecular flexibility index (Phi) is 8.09. The summed E-state index contributed by atoms with van der Waals surface area (Å²) in [6.45, 7) is 4.79. The monoisotopic (exact) mass is 553 g/mol. The van der Waals surface area contributed by atoms with Gasteiger partial charge in [-0.25, -0.2) is 4.79 Å². The number of ether oxygens (including phenoxy) is 2. The van der Waals surface area contributed by atoms with Gasteiger partial charge in [-0.15, -0.1) is 0 Å². The molecule has 1 heterocycles. The quantitative estimate of drug-likeness (QED) is 0.427. The lowest BCUT2D eigenvalue weighted by Gasteiger charge is -2.48. The zero-order valence-corrected chi connectivity index (χ0v) is 23.1. The van der Waals surface area contributed by atoms with Gasteiger partial charge in [-0.1, -0.05) is 17.7 Å². The Morgan fingerprint density at radius 3 is 2.47 bits per heavy atom. The molecule has 38 heavy (non-hydrogen) atoms. The summed E-state index contributed by atoms with van der Waals surface area (Å²) < 4.78 is 51.0. The molecule has 208 valence electrons. The van der Waals surface area contributed by atoms with Crippen LogP contribution in [0.1, 0.15) is 50.7 Å². The minimum absolute atomic E-state index is 0.0610. The van der Waals surface area contributed by atoms with Gasteiger partial charge in [0.25, 0.3) is 0 Å². The molecule has 2 aromatic carbocycles. The van der Waals surface area contributed by atoms with E-state index in [1.165, 1.54) is 11.6 Å². The SMILES string of the molecule is COc1ccc([C@@]23CC[C@@H](N(C(=O)Nc4ccc(Cl)c(C(F)(F)F)c4)C(C)C)C[C@H]2N(C)CC3)cc1OC. The number of rotatable bonds is 6. The number of halogens is 4. The largest absolute Gasteiger partial charge is 0.493 e. The van der Waals surface area contributed by atoms with E-state index in [4.69, 9.17) is 21.1 Å². The molecule has 2 amide bonds. The molecule has 4 rings (SSSR count). The molecule has 1 aliphatic heterocycles. The summed E-state index contributed by atoms with van der Waals surface area (Å²) in [5.74, 6) is 1.38. The molecular formula is C28H35ClF3N3O3. The van der Waals surface area contributed by atoms with Crippen LogP contribution in [0.2, 0.25) is 5.02 Å². The van der Waals surface area contributed by atoms with Gasteiger partial charge in [0, 0.05) is 29.2 Å². The number of nitrogens with one attached hydrogen (secondary N) is 1. The van der Waals surface area contributed by atoms with Crippen molar-refractivity contribution in [2.45, 2.75) is 69.2 Å². The summed E-state index contributed by atoms with van der Waals surface area (Å²) in [6.07, 6.45) is -1.21. The Morgan fingerprint density at radius 2 is 1.84 bits per heavy atom. The van der Waals surface area contributed by atoms with Gasteiger partial charge in [-0.3, -0.25) is 0 Å². The van der Waals surface area contributed by atoms with Crippen LogP contribution in [-0.2, 0) is 11.6 Å². The van der Waals surface area contributed by atoms with Crippen LogP contribution < -0.4 is 14.8 Å². The molecule has 0 aromatic heterocycles. The Labute approximate surface area is 227 Å². The summed E-state index contributed by atoms with van der Waals surface area (Å²) in [5.41, 5.74) is 0.204. The molecule has 1 saturated carbocycles. The minimum Gasteiger partial charge on any atom is -0.493 e. The van der Waals surface area contributed by atoms with Crippen molar-refractivity contribution in [2.75, 3.05) is 33.1 Å². The molecule has 1 saturated heterocycles. The first-order valence-corrected chi connectivity index (χ1v) is 13.2. The molecule has 0 radical (unpaired) electrons. The van der Waals surface area contributed by atoms with E-state index in [1.807, 2.05) is 19.9 Å². The van der Waals surface area contributed by atoms with E-state index < -0.39 is 22.8 Å². The summed E-state index contributed by atoms with van der Waals surface area (Å²) >= 11 is 5.75. The number of benzene rings is 2. The second-order valence-electron chi connectivity index (χ2n) is 10.5. The molecule has 3 atom stereocenters. The Hall–Kier alpha value is -2.65. The Balaban J connectivity index is 1.58. The first-order chi connectivity index (χ1) is 17.9. The van der Waals surface area contributed by atoms with E-state index in [0.29, 0.717) is 11.5 Å². The molecule has 2 fully saturated rings. The van der Waals surface area contributed by atoms with Crippen LogP contribution >= 0.6 is 11.6 Å². The van der Waals surface area contributed by atoms with E-state index in [-0.39, 0.29) is 29.2 Å². The lowest BCUT2D eigenvalue weighted by atomic mass is 9.64. The maximum atomic E-state index is 13.4. The number of amides is 2. The third kappa shape index (κ3) is 5.27. The van der Waals surface area contributed by atoms with E-state index in [9.17, 15) is 18.0 Å². The summed E-state index contributed by atoms with van der Waals surface area (Å²) in [6, 6.07) is 9.12. The average molecular weight is 554 g/mol. The van der Waals surface area contributed by atoms with Gasteiger partial charge >= 0.3 is 12.2 Å². The minimum atomic E-state index is -4.61. The second-order valence-corrected chi connectivity index (χ2v) is 10.9. The van der Waals surface area contributed by atoms with Crippen molar-refractivity contribution in [3.63, 3.8) is 0 Å². The van der Waals surface area contributed by atoms with E-state index in [2.05, 4.69) is 29.4 Å². The van der Waals surface area contributed by atoms with E-state index in [1.54, 1.807) is 19.1 Å². The van der Waals surface area contributed by atoms with Crippen molar-refractivity contribution >= 4 is 23.3 Å². The third-order valence-electron chi connectivity index (χ3n) is 8.17. The molecule has 6 nitrogen and oxygen atoms in total. The number of fused-ring (bicyclic) bond motifs is 1. The summed E-state index contributed by atoms with van der Waals surface area (Å²) in [7, 11) is 5.36. The highest BCUT2D eigenvalue weighted by Gasteiger charge is 2.52. The number of anilines is 1. The standard InChI is InChI=1S/C28H35ClF3N3O3/c1-17(2)35(26(36)33-19-7-8-22(29)21(15-19)28(30,31)32)20-10-11-27(12-13-34(3)25(27)16-20)18-6-9-23(37-4)24(14-18)38-5/h6-9,14-15,17,20,25H,10-13,16H2,1-5H3,(H,33,36)/t20-,25-,27+/m1/s1. The van der Waals surface area contributed by atoms with Crippen molar-refractivity contribution in [2.24, 2.45) is 0 Å². The van der Waals surface area contributed by atoms with Crippen LogP contribution in [0.15, 0.2) is 36.4 Å². The molecule has 1 N–H and O–H groups in total. The fourth-order valence-electron chi connectivity index (χ4n) is 6.33. The van der Waals surface area contributed by atoms with Crippen molar-refractivity contribution in [3.8, 4) is 11.5 Å². The average Bonchev–Trinajstić information content (AvgIpc) is 3.21. The Morgan fingerprint density at radius 1 is 1.13 bits per heavy atom. The summed E-state index contributed by atoms with van der Waals surface area (Å²) in [4.78, 5) is 17.6. The smallest absolute Gasteiger partial charge is 0.417 e. The van der Waals surface area contributed by atoms with Crippen LogP contribution in [0.4, 0.5) is 23.7 Å². The zero-order valence-electron chi connectivity index (χ0n) is 22.4. The van der Waals surface area contributed by atoms with Crippen molar-refractivity contribution < 1.29 is 27.4 Å². The zero-order chi connectivity index (χ0) is 27.8. The first kappa shape index (κ1) is 28.4. The number of alkyl halides is 3. The van der Waals surface area contributed by atoms with Crippen LogP contribution in [0.3, 0.4) is 0 Å². The molecule has 1 aliphatic carbocycles. The van der Waals surface area contributed by atoms with Crippen molar-refractivity contribution in [1.29, 1.82) is 0 Å². The highest BCUT2D eigenvalue weighted by molar-refractivity contribution is 6.31. The van der Waals surface area contributed by atoms with Gasteiger partial charge in [0.1, 0.15) is 0 Å². The number of likely N-dealkylation sites (N-methyl/N-ethyl adjacent to an activating group) is 1. The fourth-order valence-corrected chi connectivity index (χ4v) is 6.55. The molecule has 0 bridgehead atoms. The lowest BCUT2D eigenvalue weighted by molar-refractivity contribution is -0.137. The number of nitrogens with zero attached hydrogens (tertiary/aromatic N) is 2. The van der Waals surface area contributed by atoms with Gasteiger partial charge in [0.05, 0.1) is 24.8 Å². The number of carbonyl (C=O) groups is 1. The van der Waals surface area contributed by atoms with Crippen LogP contribution in [-0.4, -0.2) is 61.8 Å². The number of urea groups is 1. The summed E-state index contributed by atoms with van der Waals surface area (Å²) in [5, 5.41) is 2.28. The second kappa shape index (κ2) is 10.8. The van der Waals surface area contributed by atoms with Gasteiger partial charge < -0.3 is 24.6 Å². The van der Waals surface area contributed by atoms with Gasteiger partial charge in [0.15, 0.2) is 11.5 Å². The van der Waals surface area contributed by atoms with E-state index >= 15 is 0 Å². The molecule has 10 heteroatoms. The van der Waals surface area contributed by atoms with Gasteiger partial charge in [-0.05, 0) is 89.0 Å². The molecular weight excluding hydrogens is 519 g/mol. The number of hydrogen-bond acceptors (Lipinski definition) is 4. The van der Waals surface area contributed by atoms with Crippen LogP contribution in [0.25, 0.3) is 0 Å². The first-order valence-electron chi connectivity index (χ1n) is 12.8. The molecule has 2 aromatic rings.